The Kier molecular flexibility index (Phi) is 5.46. The van der Waals surface area contributed by atoms with Crippen molar-refractivity contribution < 1.29 is 19.1 Å². The molecule has 3 rings (SSSR count). The van der Waals surface area contributed by atoms with Crippen LogP contribution in [0.2, 0.25) is 0 Å². The summed E-state index contributed by atoms with van der Waals surface area (Å²) < 4.78 is 11.0. The van der Waals surface area contributed by atoms with Crippen LogP contribution in [0.4, 0.5) is 4.79 Å². The number of hydrogen-bond acceptors (Lipinski definition) is 5. The third-order valence-electron chi connectivity index (χ3n) is 4.35. The number of hydrogen-bond donors (Lipinski definition) is 0. The third-order valence-corrected chi connectivity index (χ3v) is 4.35. The summed E-state index contributed by atoms with van der Waals surface area (Å²) in [7, 11) is 0. The summed E-state index contributed by atoms with van der Waals surface area (Å²) in [5.41, 5.74) is 0.566. The predicted molar refractivity (Wildman–Crippen MR) is 95.4 cm³/mol. The van der Waals surface area contributed by atoms with E-state index in [1.165, 1.54) is 0 Å². The summed E-state index contributed by atoms with van der Waals surface area (Å²) in [5, 5.41) is 0. The average molecular weight is 361 g/mol. The van der Waals surface area contributed by atoms with Crippen LogP contribution in [0.3, 0.4) is 0 Å². The molecular weight excluding hydrogens is 334 g/mol. The van der Waals surface area contributed by atoms with Crippen molar-refractivity contribution in [1.82, 2.24) is 14.8 Å². The first kappa shape index (κ1) is 18.6. The maximum absolute atomic E-state index is 12.6. The molecule has 0 spiro atoms. The van der Waals surface area contributed by atoms with Gasteiger partial charge in [-0.15, -0.1) is 0 Å². The highest BCUT2D eigenvalue weighted by molar-refractivity contribution is 5.78. The quantitative estimate of drug-likeness (QED) is 0.777. The van der Waals surface area contributed by atoms with Crippen molar-refractivity contribution in [2.24, 2.45) is 0 Å². The van der Waals surface area contributed by atoms with Gasteiger partial charge in [0.2, 0.25) is 5.91 Å². The Morgan fingerprint density at radius 2 is 1.88 bits per heavy atom. The topological polar surface area (TPSA) is 72.0 Å². The molecule has 7 nitrogen and oxygen atoms in total. The zero-order valence-corrected chi connectivity index (χ0v) is 15.7. The highest BCUT2D eigenvalue weighted by Crippen LogP contribution is 2.28. The Balaban J connectivity index is 1.42. The lowest BCUT2D eigenvalue weighted by Gasteiger charge is -2.39. The van der Waals surface area contributed by atoms with Gasteiger partial charge in [-0.2, -0.15) is 0 Å². The van der Waals surface area contributed by atoms with Gasteiger partial charge in [0.15, 0.2) is 0 Å². The third kappa shape index (κ3) is 5.17. The molecule has 1 aliphatic carbocycles. The summed E-state index contributed by atoms with van der Waals surface area (Å²) in [6.07, 6.45) is 5.14. The Labute approximate surface area is 154 Å². The molecule has 2 aliphatic rings. The molecule has 26 heavy (non-hydrogen) atoms. The Morgan fingerprint density at radius 3 is 2.46 bits per heavy atom. The van der Waals surface area contributed by atoms with Crippen LogP contribution in [-0.4, -0.2) is 64.2 Å². The Morgan fingerprint density at radius 1 is 1.23 bits per heavy atom. The normalized spacial score (nSPS) is 17.6. The number of pyridine rings is 1. The van der Waals surface area contributed by atoms with E-state index in [4.69, 9.17) is 9.47 Å². The minimum Gasteiger partial charge on any atom is -0.444 e. The summed E-state index contributed by atoms with van der Waals surface area (Å²) in [4.78, 5) is 31.9. The lowest BCUT2D eigenvalue weighted by atomic mass is 10.1. The van der Waals surface area contributed by atoms with Gasteiger partial charge < -0.3 is 19.3 Å². The standard InChI is InChI=1S/C19H27N3O4/c1-19(2,3)26-18(24)21-11-16(12-21)25-13-17(23)22(15-4-5-15)10-14-6-8-20-9-7-14/h6-9,15-16H,4-5,10-13H2,1-3H3. The maximum Gasteiger partial charge on any atom is 0.410 e. The van der Waals surface area contributed by atoms with E-state index < -0.39 is 5.60 Å². The predicted octanol–water partition coefficient (Wildman–Crippen LogP) is 2.21. The zero-order chi connectivity index (χ0) is 18.7. The van der Waals surface area contributed by atoms with Crippen LogP contribution >= 0.6 is 0 Å². The molecule has 2 fully saturated rings. The van der Waals surface area contributed by atoms with Crippen LogP contribution in [0.25, 0.3) is 0 Å². The van der Waals surface area contributed by atoms with Crippen molar-refractivity contribution in [3.05, 3.63) is 30.1 Å². The van der Waals surface area contributed by atoms with Crippen LogP contribution in [0.1, 0.15) is 39.2 Å². The molecule has 0 N–H and O–H groups in total. The number of amides is 2. The van der Waals surface area contributed by atoms with Gasteiger partial charge in [-0.05, 0) is 51.3 Å². The summed E-state index contributed by atoms with van der Waals surface area (Å²) in [6, 6.07) is 4.17. The van der Waals surface area contributed by atoms with Crippen molar-refractivity contribution in [3.8, 4) is 0 Å². The van der Waals surface area contributed by atoms with Crippen molar-refractivity contribution in [1.29, 1.82) is 0 Å². The maximum atomic E-state index is 12.6. The highest BCUT2D eigenvalue weighted by atomic mass is 16.6. The van der Waals surface area contributed by atoms with E-state index in [2.05, 4.69) is 4.98 Å². The second-order valence-electron chi connectivity index (χ2n) is 7.93. The first-order valence-electron chi connectivity index (χ1n) is 9.10. The number of nitrogens with zero attached hydrogens (tertiary/aromatic N) is 3. The number of ether oxygens (including phenoxy) is 2. The van der Waals surface area contributed by atoms with E-state index in [0.29, 0.717) is 25.7 Å². The van der Waals surface area contributed by atoms with Gasteiger partial charge in [-0.1, -0.05) is 0 Å². The largest absolute Gasteiger partial charge is 0.444 e. The molecule has 2 amide bonds. The number of carbonyl (C=O) groups excluding carboxylic acids is 2. The monoisotopic (exact) mass is 361 g/mol. The lowest BCUT2D eigenvalue weighted by molar-refractivity contribution is -0.143. The summed E-state index contributed by atoms with van der Waals surface area (Å²) in [6.45, 7) is 7.09. The first-order chi connectivity index (χ1) is 12.3. The molecule has 0 bridgehead atoms. The Bertz CT molecular complexity index is 634. The van der Waals surface area contributed by atoms with Gasteiger partial charge in [0.05, 0.1) is 19.2 Å². The van der Waals surface area contributed by atoms with Crippen molar-refractivity contribution >= 4 is 12.0 Å². The fraction of sp³-hybridized carbons (Fsp3) is 0.632. The SMILES string of the molecule is CC(C)(C)OC(=O)N1CC(OCC(=O)N(Cc2ccncc2)C2CC2)C1. The van der Waals surface area contributed by atoms with E-state index in [1.807, 2.05) is 37.8 Å². The van der Waals surface area contributed by atoms with E-state index in [9.17, 15) is 9.59 Å². The summed E-state index contributed by atoms with van der Waals surface area (Å²) >= 11 is 0. The van der Waals surface area contributed by atoms with Crippen LogP contribution in [0, 0.1) is 0 Å². The van der Waals surface area contributed by atoms with Gasteiger partial charge in [0.25, 0.3) is 0 Å². The molecule has 142 valence electrons. The molecule has 1 aromatic heterocycles. The van der Waals surface area contributed by atoms with E-state index >= 15 is 0 Å². The van der Waals surface area contributed by atoms with Crippen LogP contribution in [-0.2, 0) is 20.8 Å². The molecule has 1 saturated carbocycles. The number of aromatic nitrogens is 1. The van der Waals surface area contributed by atoms with E-state index in [0.717, 1.165) is 18.4 Å². The van der Waals surface area contributed by atoms with Crippen LogP contribution in [0.5, 0.6) is 0 Å². The molecule has 0 unspecified atom stereocenters. The van der Waals surface area contributed by atoms with Crippen LogP contribution in [0.15, 0.2) is 24.5 Å². The van der Waals surface area contributed by atoms with Gasteiger partial charge >= 0.3 is 6.09 Å². The summed E-state index contributed by atoms with van der Waals surface area (Å²) in [5.74, 6) is 0.0000281. The zero-order valence-electron chi connectivity index (χ0n) is 15.7. The van der Waals surface area contributed by atoms with Crippen molar-refractivity contribution in [3.63, 3.8) is 0 Å². The first-order valence-corrected chi connectivity index (χ1v) is 9.10. The molecule has 1 aromatic rings. The van der Waals surface area contributed by atoms with Gasteiger partial charge in [-0.3, -0.25) is 9.78 Å². The second kappa shape index (κ2) is 7.61. The number of carbonyl (C=O) groups is 2. The molecule has 1 saturated heterocycles. The molecule has 0 aromatic carbocycles. The Hall–Kier alpha value is -2.15. The lowest BCUT2D eigenvalue weighted by Crippen LogP contribution is -2.56. The average Bonchev–Trinajstić information content (AvgIpc) is 3.34. The fourth-order valence-corrected chi connectivity index (χ4v) is 2.78. The second-order valence-corrected chi connectivity index (χ2v) is 7.93. The van der Waals surface area contributed by atoms with Gasteiger partial charge in [0, 0.05) is 25.0 Å². The van der Waals surface area contributed by atoms with Crippen molar-refractivity contribution in [2.45, 2.75) is 57.9 Å². The van der Waals surface area contributed by atoms with Gasteiger partial charge in [0.1, 0.15) is 12.2 Å². The van der Waals surface area contributed by atoms with Crippen molar-refractivity contribution in [2.75, 3.05) is 19.7 Å². The molecule has 2 heterocycles. The molecule has 0 atom stereocenters. The minimum atomic E-state index is -0.503. The number of rotatable bonds is 6. The van der Waals surface area contributed by atoms with Gasteiger partial charge in [-0.25, -0.2) is 4.79 Å². The molecule has 0 radical (unpaired) electrons. The van der Waals surface area contributed by atoms with E-state index in [-0.39, 0.29) is 24.7 Å². The fourth-order valence-electron chi connectivity index (χ4n) is 2.78. The molecule has 1 aliphatic heterocycles. The smallest absolute Gasteiger partial charge is 0.410 e. The number of likely N-dealkylation sites (tertiary alicyclic amines) is 1. The van der Waals surface area contributed by atoms with Crippen LogP contribution < -0.4 is 0 Å². The molecule has 7 heteroatoms. The van der Waals surface area contributed by atoms with E-state index in [1.54, 1.807) is 17.3 Å². The highest BCUT2D eigenvalue weighted by Gasteiger charge is 2.36. The minimum absolute atomic E-state index is 0.0000281. The molecular formula is C19H27N3O4.